The van der Waals surface area contributed by atoms with Crippen molar-refractivity contribution in [2.24, 2.45) is 0 Å². The van der Waals surface area contributed by atoms with Crippen molar-refractivity contribution >= 4 is 29.1 Å². The van der Waals surface area contributed by atoms with Gasteiger partial charge in [0.1, 0.15) is 5.75 Å². The normalized spacial score (nSPS) is 12.4. The van der Waals surface area contributed by atoms with Crippen LogP contribution in [0.2, 0.25) is 5.02 Å². The highest BCUT2D eigenvalue weighted by molar-refractivity contribution is 7.99. The van der Waals surface area contributed by atoms with Gasteiger partial charge in [-0.3, -0.25) is 0 Å². The number of anilines is 1. The van der Waals surface area contributed by atoms with Gasteiger partial charge in [-0.05, 0) is 12.5 Å². The first kappa shape index (κ1) is 16.0. The number of nitrogens with zero attached hydrogens (tertiary/aromatic N) is 2. The number of nitrogen functional groups attached to an aromatic ring is 1. The fraction of sp³-hybridized carbons (Fsp3) is 0.429. The van der Waals surface area contributed by atoms with Crippen molar-refractivity contribution in [2.75, 3.05) is 12.8 Å². The van der Waals surface area contributed by atoms with Gasteiger partial charge in [0.25, 0.3) is 5.89 Å². The zero-order valence-electron chi connectivity index (χ0n) is 12.2. The minimum atomic E-state index is 0.383. The molecule has 21 heavy (non-hydrogen) atoms. The maximum Gasteiger partial charge on any atom is 0.261 e. The van der Waals surface area contributed by atoms with Crippen LogP contribution < -0.4 is 10.5 Å². The summed E-state index contributed by atoms with van der Waals surface area (Å²) in [5.41, 5.74) is 6.85. The van der Waals surface area contributed by atoms with Gasteiger partial charge in [0.05, 0.1) is 29.1 Å². The number of thioether (sulfide) groups is 1. The average molecular weight is 328 g/mol. The third-order valence-corrected chi connectivity index (χ3v) is 4.74. The van der Waals surface area contributed by atoms with E-state index in [0.717, 1.165) is 6.42 Å². The van der Waals surface area contributed by atoms with Crippen LogP contribution in [0.25, 0.3) is 11.5 Å². The molecule has 1 heterocycles. The predicted octanol–water partition coefficient (Wildman–Crippen LogP) is 4.01. The van der Waals surface area contributed by atoms with E-state index in [1.165, 1.54) is 0 Å². The summed E-state index contributed by atoms with van der Waals surface area (Å²) in [7, 11) is 1.56. The van der Waals surface area contributed by atoms with E-state index in [1.54, 1.807) is 31.0 Å². The van der Waals surface area contributed by atoms with E-state index in [9.17, 15) is 0 Å². The van der Waals surface area contributed by atoms with Crippen molar-refractivity contribution in [3.05, 3.63) is 23.0 Å². The number of benzene rings is 1. The topological polar surface area (TPSA) is 74.2 Å². The molecular weight excluding hydrogens is 310 g/mol. The van der Waals surface area contributed by atoms with Crippen molar-refractivity contribution in [3.8, 4) is 17.2 Å². The van der Waals surface area contributed by atoms with E-state index in [0.29, 0.717) is 44.7 Å². The monoisotopic (exact) mass is 327 g/mol. The highest BCUT2D eigenvalue weighted by Crippen LogP contribution is 2.35. The summed E-state index contributed by atoms with van der Waals surface area (Å²) in [6, 6.07) is 3.32. The van der Waals surface area contributed by atoms with Gasteiger partial charge in [-0.25, -0.2) is 0 Å². The van der Waals surface area contributed by atoms with Gasteiger partial charge >= 0.3 is 0 Å². The van der Waals surface area contributed by atoms with Crippen LogP contribution in [0.5, 0.6) is 5.75 Å². The average Bonchev–Trinajstić information content (AvgIpc) is 2.95. The third kappa shape index (κ3) is 3.83. The SMILES string of the molecule is CCC(C)SCc1noc(-c2cc(Cl)c(N)cc2OC)n1. The highest BCUT2D eigenvalue weighted by Gasteiger charge is 2.16. The maximum absolute atomic E-state index is 6.05. The van der Waals surface area contributed by atoms with Crippen LogP contribution >= 0.6 is 23.4 Å². The zero-order valence-corrected chi connectivity index (χ0v) is 13.8. The van der Waals surface area contributed by atoms with Crippen LogP contribution in [-0.4, -0.2) is 22.5 Å². The van der Waals surface area contributed by atoms with Gasteiger partial charge in [-0.15, -0.1) is 0 Å². The second kappa shape index (κ2) is 7.04. The quantitative estimate of drug-likeness (QED) is 0.808. The third-order valence-electron chi connectivity index (χ3n) is 3.09. The second-order valence-corrected chi connectivity index (χ2v) is 6.45. The van der Waals surface area contributed by atoms with Gasteiger partial charge < -0.3 is 15.0 Å². The zero-order chi connectivity index (χ0) is 15.4. The standard InChI is InChI=1S/C14H18ClN3O2S/c1-4-8(2)21-7-13-17-14(20-18-13)9-5-10(15)11(16)6-12(9)19-3/h5-6,8H,4,7,16H2,1-3H3. The Morgan fingerprint density at radius 2 is 2.24 bits per heavy atom. The second-order valence-electron chi connectivity index (χ2n) is 4.62. The van der Waals surface area contributed by atoms with E-state index in [2.05, 4.69) is 24.0 Å². The maximum atomic E-state index is 6.05. The molecule has 1 unspecified atom stereocenters. The fourth-order valence-electron chi connectivity index (χ4n) is 1.66. The van der Waals surface area contributed by atoms with Crippen LogP contribution in [0.3, 0.4) is 0 Å². The first-order chi connectivity index (χ1) is 10.0. The minimum absolute atomic E-state index is 0.383. The number of aromatic nitrogens is 2. The molecule has 0 fully saturated rings. The largest absolute Gasteiger partial charge is 0.496 e. The van der Waals surface area contributed by atoms with Crippen molar-refractivity contribution in [1.29, 1.82) is 0 Å². The molecule has 0 aliphatic carbocycles. The molecule has 2 rings (SSSR count). The fourth-order valence-corrected chi connectivity index (χ4v) is 2.61. The summed E-state index contributed by atoms with van der Waals surface area (Å²) in [6.07, 6.45) is 1.11. The van der Waals surface area contributed by atoms with E-state index < -0.39 is 0 Å². The number of methoxy groups -OCH3 is 1. The first-order valence-corrected chi connectivity index (χ1v) is 8.05. The van der Waals surface area contributed by atoms with Gasteiger partial charge in [0.15, 0.2) is 5.82 Å². The Bertz CT molecular complexity index is 618. The molecule has 0 saturated carbocycles. The molecule has 0 radical (unpaired) electrons. The lowest BCUT2D eigenvalue weighted by Crippen LogP contribution is -1.95. The Hall–Kier alpha value is -1.40. The molecule has 2 N–H and O–H groups in total. The Morgan fingerprint density at radius 1 is 1.48 bits per heavy atom. The molecule has 1 aromatic heterocycles. The van der Waals surface area contributed by atoms with Crippen LogP contribution in [0.4, 0.5) is 5.69 Å². The van der Waals surface area contributed by atoms with E-state index >= 15 is 0 Å². The predicted molar refractivity (Wildman–Crippen MR) is 86.8 cm³/mol. The van der Waals surface area contributed by atoms with Crippen molar-refractivity contribution in [2.45, 2.75) is 31.3 Å². The number of hydrogen-bond donors (Lipinski definition) is 1. The van der Waals surface area contributed by atoms with Crippen LogP contribution in [0.15, 0.2) is 16.7 Å². The molecule has 5 nitrogen and oxygen atoms in total. The number of ether oxygens (including phenoxy) is 1. The van der Waals surface area contributed by atoms with Gasteiger partial charge in [-0.2, -0.15) is 16.7 Å². The summed E-state index contributed by atoms with van der Waals surface area (Å²) in [6.45, 7) is 4.33. The van der Waals surface area contributed by atoms with E-state index in [1.807, 2.05) is 0 Å². The van der Waals surface area contributed by atoms with Crippen LogP contribution in [-0.2, 0) is 5.75 Å². The summed E-state index contributed by atoms with van der Waals surface area (Å²) < 4.78 is 10.6. The summed E-state index contributed by atoms with van der Waals surface area (Å²) in [5, 5.41) is 4.98. The Balaban J connectivity index is 2.23. The van der Waals surface area contributed by atoms with Gasteiger partial charge in [-0.1, -0.05) is 30.6 Å². The summed E-state index contributed by atoms with van der Waals surface area (Å²) >= 11 is 7.84. The first-order valence-electron chi connectivity index (χ1n) is 6.62. The summed E-state index contributed by atoms with van der Waals surface area (Å²) in [4.78, 5) is 4.39. The molecule has 0 saturated heterocycles. The molecule has 1 aromatic carbocycles. The number of rotatable bonds is 6. The minimum Gasteiger partial charge on any atom is -0.496 e. The van der Waals surface area contributed by atoms with E-state index in [4.69, 9.17) is 26.6 Å². The molecule has 7 heteroatoms. The van der Waals surface area contributed by atoms with Crippen molar-refractivity contribution < 1.29 is 9.26 Å². The van der Waals surface area contributed by atoms with Gasteiger partial charge in [0.2, 0.25) is 0 Å². The molecule has 114 valence electrons. The van der Waals surface area contributed by atoms with Crippen molar-refractivity contribution in [1.82, 2.24) is 10.1 Å². The Labute approximate surface area is 133 Å². The molecule has 0 amide bonds. The molecule has 2 aromatic rings. The molecule has 0 aliphatic heterocycles. The smallest absolute Gasteiger partial charge is 0.261 e. The number of hydrogen-bond acceptors (Lipinski definition) is 6. The molecule has 0 bridgehead atoms. The molecular formula is C14H18ClN3O2S. The lowest BCUT2D eigenvalue weighted by molar-refractivity contribution is 0.404. The van der Waals surface area contributed by atoms with E-state index in [-0.39, 0.29) is 0 Å². The highest BCUT2D eigenvalue weighted by atomic mass is 35.5. The molecule has 0 spiro atoms. The number of halogens is 1. The Kier molecular flexibility index (Phi) is 5.36. The molecule has 1 atom stereocenters. The lowest BCUT2D eigenvalue weighted by Gasteiger charge is -2.07. The van der Waals surface area contributed by atoms with Gasteiger partial charge in [0, 0.05) is 11.3 Å². The summed E-state index contributed by atoms with van der Waals surface area (Å²) in [5.74, 6) is 2.31. The van der Waals surface area contributed by atoms with Crippen LogP contribution in [0.1, 0.15) is 26.1 Å². The molecule has 0 aliphatic rings. The van der Waals surface area contributed by atoms with Crippen molar-refractivity contribution in [3.63, 3.8) is 0 Å². The Morgan fingerprint density at radius 3 is 2.90 bits per heavy atom. The lowest BCUT2D eigenvalue weighted by atomic mass is 10.2. The van der Waals surface area contributed by atoms with Crippen LogP contribution in [0, 0.1) is 0 Å². The number of nitrogens with two attached hydrogens (primary N) is 1.